The van der Waals surface area contributed by atoms with E-state index in [2.05, 4.69) is 28.7 Å². The van der Waals surface area contributed by atoms with Gasteiger partial charge >= 0.3 is 0 Å². The summed E-state index contributed by atoms with van der Waals surface area (Å²) in [6, 6.07) is 5.63. The van der Waals surface area contributed by atoms with E-state index in [1.807, 2.05) is 24.5 Å². The predicted octanol–water partition coefficient (Wildman–Crippen LogP) is 4.30. The maximum Gasteiger partial charge on any atom is 0.130 e. The van der Waals surface area contributed by atoms with Crippen LogP contribution in [0.3, 0.4) is 0 Å². The number of rotatable bonds is 6. The van der Waals surface area contributed by atoms with Crippen molar-refractivity contribution in [1.29, 1.82) is 0 Å². The maximum absolute atomic E-state index is 6.12. The molecule has 1 atom stereocenters. The lowest BCUT2D eigenvalue weighted by Gasteiger charge is -2.20. The molecule has 0 aliphatic carbocycles. The lowest BCUT2D eigenvalue weighted by atomic mass is 10.1. The summed E-state index contributed by atoms with van der Waals surface area (Å²) in [6.07, 6.45) is 4.87. The van der Waals surface area contributed by atoms with Crippen molar-refractivity contribution in [3.8, 4) is 0 Å². The molecule has 2 aromatic rings. The summed E-state index contributed by atoms with van der Waals surface area (Å²) in [7, 11) is 0. The summed E-state index contributed by atoms with van der Waals surface area (Å²) < 4.78 is 2.13. The smallest absolute Gasteiger partial charge is 0.130 e. The number of aryl methyl sites for hydroxylation is 1. The first-order valence-electron chi connectivity index (χ1n) is 6.86. The van der Waals surface area contributed by atoms with Crippen LogP contribution in [0.4, 0.5) is 0 Å². The molecule has 0 amide bonds. The Bertz CT molecular complexity index is 546. The lowest BCUT2D eigenvalue weighted by molar-refractivity contribution is 0.541. The minimum absolute atomic E-state index is 0.00102. The van der Waals surface area contributed by atoms with Crippen molar-refractivity contribution in [3.63, 3.8) is 0 Å². The van der Waals surface area contributed by atoms with Gasteiger partial charge in [-0.05, 0) is 43.7 Å². The Kier molecular flexibility index (Phi) is 5.46. The molecule has 108 valence electrons. The average molecular weight is 312 g/mol. The number of aromatic nitrogens is 2. The summed E-state index contributed by atoms with van der Waals surface area (Å²) in [5.41, 5.74) is 1.04. The van der Waals surface area contributed by atoms with E-state index in [4.69, 9.17) is 23.2 Å². The zero-order valence-corrected chi connectivity index (χ0v) is 13.2. The van der Waals surface area contributed by atoms with E-state index in [1.54, 1.807) is 6.07 Å². The van der Waals surface area contributed by atoms with E-state index >= 15 is 0 Å². The highest BCUT2D eigenvalue weighted by molar-refractivity contribution is 6.34. The number of hydrogen-bond donors (Lipinski definition) is 1. The monoisotopic (exact) mass is 311 g/mol. The number of hydrogen-bond acceptors (Lipinski definition) is 2. The van der Waals surface area contributed by atoms with Crippen molar-refractivity contribution in [2.24, 2.45) is 0 Å². The number of nitrogens with zero attached hydrogens (tertiary/aromatic N) is 2. The molecule has 0 aliphatic heterocycles. The molecule has 0 saturated carbocycles. The Balaban J connectivity index is 2.41. The van der Waals surface area contributed by atoms with Crippen LogP contribution in [0, 0.1) is 0 Å². The van der Waals surface area contributed by atoms with Gasteiger partial charge in [-0.25, -0.2) is 4.98 Å². The zero-order valence-electron chi connectivity index (χ0n) is 11.7. The lowest BCUT2D eigenvalue weighted by Crippen LogP contribution is -2.26. The van der Waals surface area contributed by atoms with Gasteiger partial charge in [-0.3, -0.25) is 0 Å². The summed E-state index contributed by atoms with van der Waals surface area (Å²) >= 11 is 12.2. The first-order valence-corrected chi connectivity index (χ1v) is 7.61. The van der Waals surface area contributed by atoms with Gasteiger partial charge in [-0.2, -0.15) is 0 Å². The molecule has 1 heterocycles. The van der Waals surface area contributed by atoms with Crippen molar-refractivity contribution in [2.75, 3.05) is 6.54 Å². The molecule has 3 nitrogen and oxygen atoms in total. The van der Waals surface area contributed by atoms with Gasteiger partial charge in [0.05, 0.1) is 6.04 Å². The van der Waals surface area contributed by atoms with Crippen molar-refractivity contribution in [2.45, 2.75) is 32.9 Å². The molecule has 0 radical (unpaired) electrons. The fourth-order valence-electron chi connectivity index (χ4n) is 2.24. The molecule has 5 heteroatoms. The predicted molar refractivity (Wildman–Crippen MR) is 84.5 cm³/mol. The molecule has 1 aromatic carbocycles. The van der Waals surface area contributed by atoms with Crippen LogP contribution in [0.2, 0.25) is 10.0 Å². The van der Waals surface area contributed by atoms with E-state index in [0.29, 0.717) is 10.0 Å². The van der Waals surface area contributed by atoms with Crippen LogP contribution >= 0.6 is 23.2 Å². The minimum atomic E-state index is 0.00102. The van der Waals surface area contributed by atoms with Gasteiger partial charge in [0.15, 0.2) is 0 Å². The van der Waals surface area contributed by atoms with Gasteiger partial charge in [0.1, 0.15) is 5.82 Å². The van der Waals surface area contributed by atoms with Gasteiger partial charge in [-0.15, -0.1) is 0 Å². The van der Waals surface area contributed by atoms with Crippen LogP contribution in [-0.4, -0.2) is 16.1 Å². The third kappa shape index (κ3) is 3.54. The highest BCUT2D eigenvalue weighted by atomic mass is 35.5. The van der Waals surface area contributed by atoms with Crippen molar-refractivity contribution >= 4 is 23.2 Å². The van der Waals surface area contributed by atoms with E-state index < -0.39 is 0 Å². The van der Waals surface area contributed by atoms with Crippen molar-refractivity contribution in [3.05, 3.63) is 52.0 Å². The molecule has 1 aromatic heterocycles. The van der Waals surface area contributed by atoms with Gasteiger partial charge in [0.25, 0.3) is 0 Å². The Morgan fingerprint density at radius 2 is 1.90 bits per heavy atom. The normalized spacial score (nSPS) is 12.6. The quantitative estimate of drug-likeness (QED) is 0.862. The van der Waals surface area contributed by atoms with Crippen LogP contribution < -0.4 is 5.32 Å². The SMILES string of the molecule is CCCNC(c1cc(Cl)cc(Cl)c1)c1nccn1CC. The molecule has 1 N–H and O–H groups in total. The van der Waals surface area contributed by atoms with Crippen LogP contribution in [0.25, 0.3) is 0 Å². The molecular formula is C15H19Cl2N3. The molecule has 0 fully saturated rings. The summed E-state index contributed by atoms with van der Waals surface area (Å²) in [4.78, 5) is 4.49. The zero-order chi connectivity index (χ0) is 14.5. The van der Waals surface area contributed by atoms with Crippen LogP contribution in [0.1, 0.15) is 37.7 Å². The Hall–Kier alpha value is -1.03. The van der Waals surface area contributed by atoms with Gasteiger partial charge < -0.3 is 9.88 Å². The number of benzene rings is 1. The number of halogens is 2. The first-order chi connectivity index (χ1) is 9.65. The van der Waals surface area contributed by atoms with E-state index in [0.717, 1.165) is 30.9 Å². The van der Waals surface area contributed by atoms with Crippen LogP contribution in [0.5, 0.6) is 0 Å². The van der Waals surface area contributed by atoms with Crippen LogP contribution in [0.15, 0.2) is 30.6 Å². The highest BCUT2D eigenvalue weighted by Gasteiger charge is 2.19. The second-order valence-corrected chi connectivity index (χ2v) is 5.53. The Morgan fingerprint density at radius 3 is 2.50 bits per heavy atom. The molecule has 0 spiro atoms. The Labute approximate surface area is 129 Å². The molecule has 0 aliphatic rings. The molecule has 0 bridgehead atoms. The topological polar surface area (TPSA) is 29.9 Å². The maximum atomic E-state index is 6.12. The molecule has 1 unspecified atom stereocenters. The van der Waals surface area contributed by atoms with Crippen LogP contribution in [-0.2, 0) is 6.54 Å². The fourth-order valence-corrected chi connectivity index (χ4v) is 2.78. The largest absolute Gasteiger partial charge is 0.334 e. The average Bonchev–Trinajstić information content (AvgIpc) is 2.86. The van der Waals surface area contributed by atoms with Gasteiger partial charge in [0, 0.05) is 29.0 Å². The summed E-state index contributed by atoms with van der Waals surface area (Å²) in [5, 5.41) is 4.80. The number of nitrogens with one attached hydrogen (secondary N) is 1. The number of imidazole rings is 1. The van der Waals surface area contributed by atoms with E-state index in [-0.39, 0.29) is 6.04 Å². The second-order valence-electron chi connectivity index (χ2n) is 4.66. The van der Waals surface area contributed by atoms with Crippen molar-refractivity contribution in [1.82, 2.24) is 14.9 Å². The minimum Gasteiger partial charge on any atom is -0.334 e. The van der Waals surface area contributed by atoms with Gasteiger partial charge in [0.2, 0.25) is 0 Å². The van der Waals surface area contributed by atoms with E-state index in [9.17, 15) is 0 Å². The third-order valence-electron chi connectivity index (χ3n) is 3.16. The second kappa shape index (κ2) is 7.11. The first kappa shape index (κ1) is 15.4. The molecule has 2 rings (SSSR count). The third-order valence-corrected chi connectivity index (χ3v) is 3.60. The van der Waals surface area contributed by atoms with Crippen molar-refractivity contribution < 1.29 is 0 Å². The standard InChI is InChI=1S/C15H19Cl2N3/c1-3-5-18-14(15-19-6-7-20(15)4-2)11-8-12(16)10-13(17)9-11/h6-10,14,18H,3-5H2,1-2H3. The van der Waals surface area contributed by atoms with E-state index in [1.165, 1.54) is 0 Å². The fraction of sp³-hybridized carbons (Fsp3) is 0.400. The highest BCUT2D eigenvalue weighted by Crippen LogP contribution is 2.27. The summed E-state index contributed by atoms with van der Waals surface area (Å²) in [5.74, 6) is 0.985. The summed E-state index contributed by atoms with van der Waals surface area (Å²) in [6.45, 7) is 6.04. The van der Waals surface area contributed by atoms with Gasteiger partial charge in [-0.1, -0.05) is 30.1 Å². The molecule has 0 saturated heterocycles. The molecular weight excluding hydrogens is 293 g/mol. The molecule has 20 heavy (non-hydrogen) atoms. The Morgan fingerprint density at radius 1 is 1.20 bits per heavy atom.